The molecular weight excluding hydrogens is 697 g/mol. The average Bonchev–Trinajstić information content (AvgIpc) is 3.01. The number of morpholine rings is 1. The number of rotatable bonds is 6. The number of primary amides is 1. The number of aliphatic carboxylic acids is 1. The lowest BCUT2D eigenvalue weighted by Gasteiger charge is -2.38. The molecule has 0 aromatic heterocycles. The fourth-order valence-electron chi connectivity index (χ4n) is 5.40. The quantitative estimate of drug-likeness (QED) is 0.195. The number of carboxylic acid groups (broad SMARTS) is 1. The molecule has 268 valence electrons. The zero-order valence-corrected chi connectivity index (χ0v) is 25.3. The van der Waals surface area contributed by atoms with Crippen molar-refractivity contribution in [2.24, 2.45) is 5.73 Å². The fraction of sp³-hybridized carbons (Fsp3) is 0.273. The van der Waals surface area contributed by atoms with Gasteiger partial charge < -0.3 is 20.5 Å². The lowest BCUT2D eigenvalue weighted by atomic mass is 9.91. The molecule has 0 spiro atoms. The molecule has 1 aliphatic heterocycles. The Kier molecular flexibility index (Phi) is 11.0. The van der Waals surface area contributed by atoms with Crippen molar-refractivity contribution < 1.29 is 67.7 Å². The van der Waals surface area contributed by atoms with E-state index in [0.717, 1.165) is 11.0 Å². The molecule has 1 heterocycles. The van der Waals surface area contributed by atoms with Crippen LogP contribution in [0.1, 0.15) is 33.5 Å². The number of ether oxygens (including phenoxy) is 1. The SMILES string of the molecule is NC(=O)c1c(F)cc(N2CCOCC2C(F)(F)F)cc1F.O=C(O)CCc1cccc2c(-c3ccc(C(F)(F)F)cc3C(F)(F)F)cccc12. The zero-order chi connectivity index (χ0) is 37.2. The van der Waals surface area contributed by atoms with Gasteiger partial charge in [0.15, 0.2) is 0 Å². The third kappa shape index (κ3) is 8.61. The first-order valence-corrected chi connectivity index (χ1v) is 14.4. The summed E-state index contributed by atoms with van der Waals surface area (Å²) < 4.78 is 150. The Morgan fingerprint density at radius 2 is 1.44 bits per heavy atom. The Hall–Kier alpha value is -4.93. The zero-order valence-electron chi connectivity index (χ0n) is 25.3. The summed E-state index contributed by atoms with van der Waals surface area (Å²) in [5.74, 6) is -4.94. The van der Waals surface area contributed by atoms with Gasteiger partial charge in [0.1, 0.15) is 23.2 Å². The number of anilines is 1. The predicted molar refractivity (Wildman–Crippen MR) is 158 cm³/mol. The van der Waals surface area contributed by atoms with Crippen LogP contribution in [0.25, 0.3) is 21.9 Å². The van der Waals surface area contributed by atoms with Gasteiger partial charge in [0, 0.05) is 18.7 Å². The van der Waals surface area contributed by atoms with Crippen molar-refractivity contribution in [1.29, 1.82) is 0 Å². The first kappa shape index (κ1) is 37.9. The van der Waals surface area contributed by atoms with Crippen LogP contribution in [-0.2, 0) is 28.3 Å². The van der Waals surface area contributed by atoms with Crippen molar-refractivity contribution in [3.63, 3.8) is 0 Å². The minimum Gasteiger partial charge on any atom is -0.481 e. The molecule has 0 bridgehead atoms. The molecule has 1 unspecified atom stereocenters. The van der Waals surface area contributed by atoms with Crippen LogP contribution in [0.4, 0.5) is 54.0 Å². The first-order chi connectivity index (χ1) is 23.2. The molecule has 0 aliphatic carbocycles. The third-order valence-corrected chi connectivity index (χ3v) is 7.67. The molecule has 1 aliphatic rings. The molecular formula is C33H25F11N2O4. The summed E-state index contributed by atoms with van der Waals surface area (Å²) in [6.45, 7) is -0.823. The summed E-state index contributed by atoms with van der Waals surface area (Å²) in [6, 6.07) is 10.2. The number of hydrogen-bond acceptors (Lipinski definition) is 4. The van der Waals surface area contributed by atoms with Crippen molar-refractivity contribution in [2.45, 2.75) is 37.4 Å². The standard InChI is InChI=1S/C21H14F6O2.C12H11F5N2O2/c22-20(23,24)13-8-9-17(18(11-13)21(25,26)27)16-6-2-4-14-12(7-10-19(28)29)3-1-5-15(14)16;13-7-3-6(4-8(14)10(7)11(18)20)19-1-2-21-5-9(19)12(15,16)17/h1-6,8-9,11H,7,10H2,(H,28,29);3-4,9H,1-2,5H2,(H2,18,20). The highest BCUT2D eigenvalue weighted by atomic mass is 19.4. The number of carboxylic acids is 1. The Balaban J connectivity index is 0.000000237. The van der Waals surface area contributed by atoms with Gasteiger partial charge in [0.25, 0.3) is 5.91 Å². The lowest BCUT2D eigenvalue weighted by molar-refractivity contribution is -0.167. The largest absolute Gasteiger partial charge is 0.481 e. The number of hydrogen-bond donors (Lipinski definition) is 2. The van der Waals surface area contributed by atoms with Crippen molar-refractivity contribution in [2.75, 3.05) is 24.7 Å². The minimum absolute atomic E-state index is 0.00656. The van der Waals surface area contributed by atoms with E-state index in [1.54, 1.807) is 24.3 Å². The Bertz CT molecular complexity index is 1870. The van der Waals surface area contributed by atoms with Crippen LogP contribution in [0.5, 0.6) is 0 Å². The van der Waals surface area contributed by atoms with E-state index in [1.807, 2.05) is 0 Å². The van der Waals surface area contributed by atoms with Crippen LogP contribution in [-0.4, -0.2) is 49.0 Å². The number of nitrogens with zero attached hydrogens (tertiary/aromatic N) is 1. The summed E-state index contributed by atoms with van der Waals surface area (Å²) in [4.78, 5) is 22.5. The highest BCUT2D eigenvalue weighted by molar-refractivity contribution is 5.99. The molecule has 5 rings (SSSR count). The van der Waals surface area contributed by atoms with Crippen LogP contribution < -0.4 is 10.6 Å². The Labute approximate surface area is 275 Å². The van der Waals surface area contributed by atoms with E-state index < -0.39 is 71.4 Å². The number of alkyl halides is 9. The molecule has 17 heteroatoms. The maximum atomic E-state index is 13.7. The van der Waals surface area contributed by atoms with Gasteiger partial charge in [-0.1, -0.05) is 42.5 Å². The van der Waals surface area contributed by atoms with E-state index in [-0.39, 0.29) is 48.9 Å². The van der Waals surface area contributed by atoms with Crippen LogP contribution in [0, 0.1) is 11.6 Å². The second-order valence-electron chi connectivity index (χ2n) is 10.9. The number of nitrogens with two attached hydrogens (primary N) is 1. The maximum Gasteiger partial charge on any atom is 0.417 e. The monoisotopic (exact) mass is 722 g/mol. The molecule has 50 heavy (non-hydrogen) atoms. The summed E-state index contributed by atoms with van der Waals surface area (Å²) in [7, 11) is 0. The number of fused-ring (bicyclic) bond motifs is 1. The second-order valence-corrected chi connectivity index (χ2v) is 10.9. The molecule has 1 saturated heterocycles. The fourth-order valence-corrected chi connectivity index (χ4v) is 5.40. The Morgan fingerprint density at radius 3 is 2.00 bits per heavy atom. The predicted octanol–water partition coefficient (Wildman–Crippen LogP) is 8.39. The van der Waals surface area contributed by atoms with E-state index in [9.17, 15) is 57.9 Å². The molecule has 1 atom stereocenters. The molecule has 6 nitrogen and oxygen atoms in total. The second kappa shape index (κ2) is 14.5. The van der Waals surface area contributed by atoms with Crippen molar-refractivity contribution in [1.82, 2.24) is 0 Å². The van der Waals surface area contributed by atoms with Gasteiger partial charge in [-0.05, 0) is 58.1 Å². The van der Waals surface area contributed by atoms with Crippen molar-refractivity contribution >= 4 is 28.3 Å². The molecule has 1 fully saturated rings. The smallest absolute Gasteiger partial charge is 0.417 e. The number of benzene rings is 4. The van der Waals surface area contributed by atoms with Crippen LogP contribution in [0.2, 0.25) is 0 Å². The molecule has 4 aromatic rings. The van der Waals surface area contributed by atoms with E-state index in [2.05, 4.69) is 0 Å². The van der Waals surface area contributed by atoms with Gasteiger partial charge in [-0.15, -0.1) is 0 Å². The van der Waals surface area contributed by atoms with Gasteiger partial charge in [-0.3, -0.25) is 9.59 Å². The number of aryl methyl sites for hydroxylation is 1. The van der Waals surface area contributed by atoms with Gasteiger partial charge in [-0.2, -0.15) is 39.5 Å². The molecule has 3 N–H and O–H groups in total. The molecule has 0 radical (unpaired) electrons. The molecule has 0 saturated carbocycles. The van der Waals surface area contributed by atoms with Crippen molar-refractivity contribution in [3.8, 4) is 11.1 Å². The van der Waals surface area contributed by atoms with E-state index >= 15 is 0 Å². The third-order valence-electron chi connectivity index (χ3n) is 7.67. The summed E-state index contributed by atoms with van der Waals surface area (Å²) in [5, 5.41) is 9.84. The van der Waals surface area contributed by atoms with Crippen molar-refractivity contribution in [3.05, 3.63) is 101 Å². The molecule has 1 amide bonds. The first-order valence-electron chi connectivity index (χ1n) is 14.4. The van der Waals surface area contributed by atoms with E-state index in [1.165, 1.54) is 12.1 Å². The number of carbonyl (C=O) groups excluding carboxylic acids is 1. The maximum absolute atomic E-state index is 13.7. The van der Waals surface area contributed by atoms with E-state index in [4.69, 9.17) is 15.6 Å². The number of halogens is 11. The van der Waals surface area contributed by atoms with Gasteiger partial charge in [0.05, 0.1) is 24.3 Å². The van der Waals surface area contributed by atoms with Crippen LogP contribution in [0.15, 0.2) is 66.7 Å². The van der Waals surface area contributed by atoms with E-state index in [0.29, 0.717) is 34.5 Å². The number of amides is 1. The van der Waals surface area contributed by atoms with Gasteiger partial charge >= 0.3 is 24.5 Å². The molecule has 4 aromatic carbocycles. The topological polar surface area (TPSA) is 92.9 Å². The minimum atomic E-state index is -4.99. The Morgan fingerprint density at radius 1 is 0.820 bits per heavy atom. The lowest BCUT2D eigenvalue weighted by Crippen LogP contribution is -2.53. The van der Waals surface area contributed by atoms with Gasteiger partial charge in [0.2, 0.25) is 0 Å². The highest BCUT2D eigenvalue weighted by Gasteiger charge is 2.46. The van der Waals surface area contributed by atoms with Crippen LogP contribution >= 0.6 is 0 Å². The van der Waals surface area contributed by atoms with Crippen LogP contribution in [0.3, 0.4) is 0 Å². The summed E-state index contributed by atoms with van der Waals surface area (Å²) >= 11 is 0. The highest BCUT2D eigenvalue weighted by Crippen LogP contribution is 2.43. The number of carbonyl (C=O) groups is 2. The summed E-state index contributed by atoms with van der Waals surface area (Å²) in [6.07, 6.45) is -14.5. The summed E-state index contributed by atoms with van der Waals surface area (Å²) in [5.41, 5.74) is 1.14. The van der Waals surface area contributed by atoms with Gasteiger partial charge in [-0.25, -0.2) is 8.78 Å². The normalized spacial score (nSPS) is 15.4. The average molecular weight is 723 g/mol.